The van der Waals surface area contributed by atoms with Gasteiger partial charge in [0, 0.05) is 75.9 Å². The molecule has 3 amide bonds. The first-order chi connectivity index (χ1) is 43.2. The van der Waals surface area contributed by atoms with Crippen LogP contribution in [0.4, 0.5) is 4.79 Å². The van der Waals surface area contributed by atoms with Crippen molar-refractivity contribution in [2.45, 2.75) is 262 Å². The van der Waals surface area contributed by atoms with E-state index in [-0.39, 0.29) is 100 Å². The lowest BCUT2D eigenvalue weighted by Gasteiger charge is -2.40. The summed E-state index contributed by atoms with van der Waals surface area (Å²) in [6.07, 6.45) is 0.876. The number of unbranched alkanes of at least 4 members (excludes halogenated alkanes) is 6. The molecular weight excluding hydrogens is 1180 g/mol. The first-order valence-electron chi connectivity index (χ1n) is 33.2. The molecule has 0 aromatic rings. The number of aliphatic hydroxyl groups excluding tert-OH is 9. The van der Waals surface area contributed by atoms with Crippen LogP contribution in [-0.2, 0) is 66.6 Å². The summed E-state index contributed by atoms with van der Waals surface area (Å²) in [5, 5.41) is 97.5. The first-order valence-corrected chi connectivity index (χ1v) is 33.2. The van der Waals surface area contributed by atoms with E-state index in [1.807, 2.05) is 0 Å². The second kappa shape index (κ2) is 46.3. The van der Waals surface area contributed by atoms with Crippen LogP contribution in [0.5, 0.6) is 0 Å². The lowest BCUT2D eigenvalue weighted by atomic mass is 9.73. The molecular formula is C63H113N3O24. The van der Waals surface area contributed by atoms with Crippen molar-refractivity contribution in [3.05, 3.63) is 0 Å². The normalized spacial score (nSPS) is 27.5. The van der Waals surface area contributed by atoms with Gasteiger partial charge in [-0.3, -0.25) is 24.0 Å². The summed E-state index contributed by atoms with van der Waals surface area (Å²) < 4.78 is 50.5. The summed E-state index contributed by atoms with van der Waals surface area (Å²) in [6, 6.07) is 0. The first kappa shape index (κ1) is 80.5. The molecule has 524 valence electrons. The van der Waals surface area contributed by atoms with Gasteiger partial charge in [0.15, 0.2) is 18.9 Å². The van der Waals surface area contributed by atoms with E-state index in [1.165, 1.54) is 0 Å². The molecule has 3 rings (SSSR count). The van der Waals surface area contributed by atoms with Gasteiger partial charge in [-0.2, -0.15) is 0 Å². The summed E-state index contributed by atoms with van der Waals surface area (Å²) >= 11 is 0. The maximum absolute atomic E-state index is 12.7. The minimum Gasteiger partial charge on any atom is -0.466 e. The highest BCUT2D eigenvalue weighted by atomic mass is 16.7. The fourth-order valence-electron chi connectivity index (χ4n) is 11.3. The van der Waals surface area contributed by atoms with Crippen LogP contribution >= 0.6 is 0 Å². The van der Waals surface area contributed by atoms with E-state index in [4.69, 9.17) is 42.6 Å². The highest BCUT2D eigenvalue weighted by molar-refractivity contribution is 5.78. The van der Waals surface area contributed by atoms with Gasteiger partial charge < -0.3 is 105 Å². The molecule has 15 unspecified atom stereocenters. The second-order valence-electron chi connectivity index (χ2n) is 24.5. The number of ketones is 1. The Hall–Kier alpha value is -3.78. The summed E-state index contributed by atoms with van der Waals surface area (Å²) in [5.41, 5.74) is -0.209. The van der Waals surface area contributed by atoms with Crippen molar-refractivity contribution in [3.8, 4) is 0 Å². The van der Waals surface area contributed by atoms with Crippen molar-refractivity contribution in [1.29, 1.82) is 0 Å². The Morgan fingerprint density at radius 2 is 0.722 bits per heavy atom. The smallest absolute Gasteiger partial charge is 0.407 e. The molecule has 3 aliphatic rings. The topological polar surface area (TPSA) is 404 Å². The molecule has 27 nitrogen and oxygen atoms in total. The minimum atomic E-state index is -1.21. The molecule has 90 heavy (non-hydrogen) atoms. The van der Waals surface area contributed by atoms with Gasteiger partial charge in [-0.25, -0.2) is 4.79 Å². The van der Waals surface area contributed by atoms with Crippen molar-refractivity contribution < 1.29 is 117 Å². The number of rotatable bonds is 49. The van der Waals surface area contributed by atoms with Crippen molar-refractivity contribution in [2.24, 2.45) is 23.2 Å². The highest BCUT2D eigenvalue weighted by Gasteiger charge is 2.45. The van der Waals surface area contributed by atoms with Crippen LogP contribution in [0.2, 0.25) is 0 Å². The quantitative estimate of drug-likeness (QED) is 0.0237. The summed E-state index contributed by atoms with van der Waals surface area (Å²) in [7, 11) is 0. The highest BCUT2D eigenvalue weighted by Crippen LogP contribution is 2.39. The molecule has 27 heteroatoms. The Balaban J connectivity index is 1.31. The van der Waals surface area contributed by atoms with Crippen molar-refractivity contribution in [2.75, 3.05) is 79.1 Å². The zero-order chi connectivity index (χ0) is 66.3. The molecule has 0 aromatic carbocycles. The fourth-order valence-corrected chi connectivity index (χ4v) is 11.3. The molecule has 0 aromatic heterocycles. The zero-order valence-electron chi connectivity index (χ0n) is 54.0. The van der Waals surface area contributed by atoms with Gasteiger partial charge in [0.1, 0.15) is 42.4 Å². The van der Waals surface area contributed by atoms with E-state index >= 15 is 0 Å². The van der Waals surface area contributed by atoms with E-state index in [0.717, 1.165) is 25.7 Å². The number of hydrogen-bond donors (Lipinski definition) is 12. The average molecular weight is 1300 g/mol. The number of esters is 2. The van der Waals surface area contributed by atoms with E-state index in [2.05, 4.69) is 22.9 Å². The van der Waals surface area contributed by atoms with Crippen LogP contribution in [0.3, 0.4) is 0 Å². The van der Waals surface area contributed by atoms with Crippen LogP contribution in [0.25, 0.3) is 0 Å². The third-order valence-corrected chi connectivity index (χ3v) is 17.3. The SMILES string of the molecule is CCC(CCCOC(=O)CCCCCNC(=O)CCCOC1OC(CO)C(O)C(O)C1C)(CCCOC(=O)CCCCCNC(=O)CCCOC1OC(CO)C(O)C(O)C1C)CCCOC(=O)NCCCCCC(=O)CCCOC1OC(CO)C(O)C(O)C1C. The zero-order valence-corrected chi connectivity index (χ0v) is 54.0. The third kappa shape index (κ3) is 31.0. The molecule has 0 spiro atoms. The number of amides is 3. The molecule has 15 atom stereocenters. The summed E-state index contributed by atoms with van der Waals surface area (Å²) in [6.45, 7) is 8.28. The van der Waals surface area contributed by atoms with Crippen LogP contribution in [0.15, 0.2) is 0 Å². The predicted octanol–water partition coefficient (Wildman–Crippen LogP) is 2.63. The Bertz CT molecular complexity index is 1780. The summed E-state index contributed by atoms with van der Waals surface area (Å²) in [5.74, 6) is -2.36. The number of Topliss-reactive ketones (excluding diaryl/α,β-unsaturated/α-hetero) is 1. The minimum absolute atomic E-state index is 0.0836. The van der Waals surface area contributed by atoms with Gasteiger partial charge >= 0.3 is 18.0 Å². The van der Waals surface area contributed by atoms with Crippen LogP contribution in [0.1, 0.15) is 188 Å². The molecule has 3 fully saturated rings. The second-order valence-corrected chi connectivity index (χ2v) is 24.5. The number of nitrogens with one attached hydrogen (secondary N) is 3. The third-order valence-electron chi connectivity index (χ3n) is 17.3. The molecule has 3 saturated heterocycles. The average Bonchev–Trinajstić information content (AvgIpc) is 0.936. The summed E-state index contributed by atoms with van der Waals surface area (Å²) in [4.78, 5) is 75.2. The van der Waals surface area contributed by atoms with E-state index < -0.39 is 117 Å². The molecule has 0 bridgehead atoms. The van der Waals surface area contributed by atoms with E-state index in [1.54, 1.807) is 20.8 Å². The van der Waals surface area contributed by atoms with E-state index in [9.17, 15) is 74.7 Å². The van der Waals surface area contributed by atoms with Gasteiger partial charge in [-0.1, -0.05) is 53.4 Å². The number of ether oxygens (including phenoxy) is 9. The maximum Gasteiger partial charge on any atom is 0.407 e. The molecule has 3 heterocycles. The van der Waals surface area contributed by atoms with Crippen LogP contribution in [0, 0.1) is 23.2 Å². The number of alkyl carbamates (subject to hydrolysis) is 1. The number of aliphatic hydroxyl groups is 9. The molecule has 0 saturated carbocycles. The van der Waals surface area contributed by atoms with Crippen LogP contribution in [-0.4, -0.2) is 234 Å². The monoisotopic (exact) mass is 1300 g/mol. The van der Waals surface area contributed by atoms with Gasteiger partial charge in [-0.05, 0) is 102 Å². The van der Waals surface area contributed by atoms with Crippen LogP contribution < -0.4 is 16.0 Å². The number of carbonyl (C=O) groups is 6. The fraction of sp³-hybridized carbons (Fsp3) is 0.905. The molecule has 0 radical (unpaired) electrons. The van der Waals surface area contributed by atoms with Gasteiger partial charge in [-0.15, -0.1) is 0 Å². The number of carbonyl (C=O) groups excluding carboxylic acids is 6. The molecule has 0 aliphatic carbocycles. The maximum atomic E-state index is 12.7. The Morgan fingerprint density at radius 3 is 1.09 bits per heavy atom. The predicted molar refractivity (Wildman–Crippen MR) is 324 cm³/mol. The standard InChI is InChI=1S/C63H113N3O24/c1-5-63(27-18-36-82-51(73)25-10-7-12-30-64-49(71)23-16-34-85-60-43(3)54(76)57(79)47(40-68)89-60,28-19-37-83-52(74)26-11-8-13-31-65-50(72)24-17-35-86-61-44(4)55(77)58(80)48(41-69)90-61)29-20-38-87-62(81)66-32-14-6-9-21-45(70)22-15-33-84-59-42(2)53(75)56(78)46(39-67)88-59/h42-44,46-48,53-61,67-69,75-80H,5-41H2,1-4H3,(H,64,71)(H,65,72)(H,66,81). The van der Waals surface area contributed by atoms with Gasteiger partial charge in [0.05, 0.1) is 77.8 Å². The van der Waals surface area contributed by atoms with Crippen molar-refractivity contribution in [1.82, 2.24) is 16.0 Å². The van der Waals surface area contributed by atoms with Crippen molar-refractivity contribution in [3.63, 3.8) is 0 Å². The Kier molecular flexibility index (Phi) is 41.4. The van der Waals surface area contributed by atoms with Crippen molar-refractivity contribution >= 4 is 35.6 Å². The largest absolute Gasteiger partial charge is 0.466 e. The Morgan fingerprint density at radius 1 is 0.389 bits per heavy atom. The lowest BCUT2D eigenvalue weighted by Crippen LogP contribution is -2.55. The molecule has 3 aliphatic heterocycles. The van der Waals surface area contributed by atoms with Gasteiger partial charge in [0.2, 0.25) is 11.8 Å². The van der Waals surface area contributed by atoms with E-state index in [0.29, 0.717) is 129 Å². The lowest BCUT2D eigenvalue weighted by molar-refractivity contribution is -0.282. The van der Waals surface area contributed by atoms with Gasteiger partial charge in [0.25, 0.3) is 0 Å². The Labute approximate surface area is 531 Å². The molecule has 12 N–H and O–H groups in total. The number of hydrogen-bond acceptors (Lipinski definition) is 24.